The molecule has 2 amide bonds. The average molecular weight is 315 g/mol. The maximum atomic E-state index is 12.6. The van der Waals surface area contributed by atoms with Gasteiger partial charge < -0.3 is 14.3 Å². The van der Waals surface area contributed by atoms with E-state index in [1.807, 2.05) is 4.90 Å². The fourth-order valence-corrected chi connectivity index (χ4v) is 4.00. The molecule has 23 heavy (non-hydrogen) atoms. The minimum absolute atomic E-state index is 0.00694. The van der Waals surface area contributed by atoms with E-state index >= 15 is 0 Å². The number of rotatable bonds is 4. The second-order valence-electron chi connectivity index (χ2n) is 7.65. The van der Waals surface area contributed by atoms with E-state index in [0.717, 1.165) is 37.6 Å². The first-order valence-electron chi connectivity index (χ1n) is 8.73. The molecule has 0 N–H and O–H groups in total. The molecule has 6 heteroatoms. The molecule has 5 rings (SSSR count). The van der Waals surface area contributed by atoms with Gasteiger partial charge in [-0.25, -0.2) is 0 Å². The van der Waals surface area contributed by atoms with E-state index < -0.39 is 0 Å². The van der Waals surface area contributed by atoms with Gasteiger partial charge in [0, 0.05) is 44.1 Å². The van der Waals surface area contributed by atoms with Crippen LogP contribution in [0.1, 0.15) is 47.8 Å². The Morgan fingerprint density at radius 1 is 1.22 bits per heavy atom. The molecule has 4 fully saturated rings. The van der Waals surface area contributed by atoms with Crippen molar-refractivity contribution in [3.63, 3.8) is 0 Å². The Kier molecular flexibility index (Phi) is 2.85. The van der Waals surface area contributed by atoms with Crippen LogP contribution in [0.5, 0.6) is 0 Å². The molecular formula is C17H21N3O3. The van der Waals surface area contributed by atoms with Gasteiger partial charge in [0.05, 0.1) is 5.92 Å². The summed E-state index contributed by atoms with van der Waals surface area (Å²) in [6.45, 7) is 2.95. The predicted molar refractivity (Wildman–Crippen MR) is 80.7 cm³/mol. The molecule has 1 aromatic rings. The van der Waals surface area contributed by atoms with E-state index in [9.17, 15) is 9.59 Å². The Hall–Kier alpha value is -1.85. The SMILES string of the molecule is O=C(c1cc(C2CC2)on1)N1C[C@H]2CN(CC3CC3)C(=O)[C@H]2C1. The molecule has 6 nitrogen and oxygen atoms in total. The van der Waals surface area contributed by atoms with Crippen molar-refractivity contribution in [1.29, 1.82) is 0 Å². The van der Waals surface area contributed by atoms with Crippen LogP contribution in [0.3, 0.4) is 0 Å². The highest BCUT2D eigenvalue weighted by atomic mass is 16.5. The monoisotopic (exact) mass is 315 g/mol. The number of hydrogen-bond acceptors (Lipinski definition) is 4. The maximum absolute atomic E-state index is 12.6. The summed E-state index contributed by atoms with van der Waals surface area (Å²) in [7, 11) is 0. The summed E-state index contributed by atoms with van der Waals surface area (Å²) in [5, 5.41) is 3.94. The van der Waals surface area contributed by atoms with Gasteiger partial charge in [-0.2, -0.15) is 0 Å². The molecule has 0 aromatic carbocycles. The quantitative estimate of drug-likeness (QED) is 0.844. The van der Waals surface area contributed by atoms with Crippen molar-refractivity contribution in [3.05, 3.63) is 17.5 Å². The molecule has 2 aliphatic heterocycles. The molecule has 2 saturated heterocycles. The lowest BCUT2D eigenvalue weighted by Crippen LogP contribution is -2.36. The molecule has 2 atom stereocenters. The number of hydrogen-bond donors (Lipinski definition) is 0. The highest BCUT2D eigenvalue weighted by Crippen LogP contribution is 2.41. The third-order valence-electron chi connectivity index (χ3n) is 5.71. The summed E-state index contributed by atoms with van der Waals surface area (Å²) in [6, 6.07) is 1.79. The number of aromatic nitrogens is 1. The molecule has 122 valence electrons. The van der Waals surface area contributed by atoms with Gasteiger partial charge in [0.2, 0.25) is 5.91 Å². The van der Waals surface area contributed by atoms with Crippen molar-refractivity contribution < 1.29 is 14.1 Å². The fraction of sp³-hybridized carbons (Fsp3) is 0.706. The van der Waals surface area contributed by atoms with Crippen LogP contribution in [-0.4, -0.2) is 52.9 Å². The van der Waals surface area contributed by atoms with Gasteiger partial charge in [0.1, 0.15) is 5.76 Å². The van der Waals surface area contributed by atoms with Crippen LogP contribution in [-0.2, 0) is 4.79 Å². The first-order chi connectivity index (χ1) is 11.2. The van der Waals surface area contributed by atoms with E-state index in [0.29, 0.717) is 30.6 Å². The lowest BCUT2D eigenvalue weighted by molar-refractivity contribution is -0.131. The van der Waals surface area contributed by atoms with Crippen molar-refractivity contribution in [2.75, 3.05) is 26.2 Å². The van der Waals surface area contributed by atoms with Crippen molar-refractivity contribution in [1.82, 2.24) is 15.0 Å². The lowest BCUT2D eigenvalue weighted by Gasteiger charge is -2.21. The first-order valence-corrected chi connectivity index (χ1v) is 8.73. The van der Waals surface area contributed by atoms with E-state index in [-0.39, 0.29) is 17.7 Å². The van der Waals surface area contributed by atoms with Crippen LogP contribution in [0.2, 0.25) is 0 Å². The van der Waals surface area contributed by atoms with Crippen molar-refractivity contribution >= 4 is 11.8 Å². The fourth-order valence-electron chi connectivity index (χ4n) is 4.00. The third-order valence-corrected chi connectivity index (χ3v) is 5.71. The molecule has 0 bridgehead atoms. The van der Waals surface area contributed by atoms with Gasteiger partial charge >= 0.3 is 0 Å². The Labute approximate surface area is 134 Å². The van der Waals surface area contributed by atoms with Gasteiger partial charge in [0.15, 0.2) is 5.69 Å². The first kappa shape index (κ1) is 13.6. The smallest absolute Gasteiger partial charge is 0.276 e. The Balaban J connectivity index is 1.25. The Bertz CT molecular complexity index is 662. The van der Waals surface area contributed by atoms with Crippen LogP contribution in [0.4, 0.5) is 0 Å². The number of carbonyl (C=O) groups excluding carboxylic acids is 2. The summed E-state index contributed by atoms with van der Waals surface area (Å²) in [4.78, 5) is 28.9. The number of likely N-dealkylation sites (tertiary alicyclic amines) is 2. The second kappa shape index (κ2) is 4.82. The number of carbonyl (C=O) groups is 2. The van der Waals surface area contributed by atoms with E-state index in [1.54, 1.807) is 11.0 Å². The summed E-state index contributed by atoms with van der Waals surface area (Å²) in [5.41, 5.74) is 0.397. The zero-order valence-electron chi connectivity index (χ0n) is 13.1. The van der Waals surface area contributed by atoms with Crippen LogP contribution >= 0.6 is 0 Å². The minimum Gasteiger partial charge on any atom is -0.360 e. The van der Waals surface area contributed by atoms with Gasteiger partial charge in [-0.3, -0.25) is 9.59 Å². The van der Waals surface area contributed by atoms with Crippen LogP contribution in [0, 0.1) is 17.8 Å². The highest BCUT2D eigenvalue weighted by molar-refractivity contribution is 5.93. The summed E-state index contributed by atoms with van der Waals surface area (Å²) in [6.07, 6.45) is 4.78. The molecule has 2 saturated carbocycles. The van der Waals surface area contributed by atoms with Crippen molar-refractivity contribution in [2.45, 2.75) is 31.6 Å². The van der Waals surface area contributed by atoms with Gasteiger partial charge in [-0.1, -0.05) is 5.16 Å². The topological polar surface area (TPSA) is 66.7 Å². The Morgan fingerprint density at radius 2 is 2.04 bits per heavy atom. The number of fused-ring (bicyclic) bond motifs is 1. The lowest BCUT2D eigenvalue weighted by atomic mass is 10.0. The van der Waals surface area contributed by atoms with E-state index in [1.165, 1.54) is 12.8 Å². The van der Waals surface area contributed by atoms with Gasteiger partial charge in [0.25, 0.3) is 5.91 Å². The molecule has 0 spiro atoms. The van der Waals surface area contributed by atoms with Crippen molar-refractivity contribution in [3.8, 4) is 0 Å². The highest BCUT2D eigenvalue weighted by Gasteiger charge is 2.48. The minimum atomic E-state index is -0.0865. The van der Waals surface area contributed by atoms with Crippen LogP contribution < -0.4 is 0 Å². The van der Waals surface area contributed by atoms with E-state index in [4.69, 9.17) is 4.52 Å². The maximum Gasteiger partial charge on any atom is 0.276 e. The van der Waals surface area contributed by atoms with Crippen LogP contribution in [0.15, 0.2) is 10.6 Å². The molecule has 3 heterocycles. The summed E-state index contributed by atoms with van der Waals surface area (Å²) in [5.74, 6) is 2.46. The van der Waals surface area contributed by atoms with Gasteiger partial charge in [-0.05, 0) is 31.6 Å². The number of nitrogens with zero attached hydrogens (tertiary/aromatic N) is 3. The molecule has 2 aliphatic carbocycles. The molecular weight excluding hydrogens is 294 g/mol. The predicted octanol–water partition coefficient (Wildman–Crippen LogP) is 1.49. The molecule has 0 unspecified atom stereocenters. The van der Waals surface area contributed by atoms with Crippen LogP contribution in [0.25, 0.3) is 0 Å². The number of amides is 2. The third kappa shape index (κ3) is 2.35. The second-order valence-corrected chi connectivity index (χ2v) is 7.65. The normalized spacial score (nSPS) is 30.2. The van der Waals surface area contributed by atoms with E-state index in [2.05, 4.69) is 5.16 Å². The largest absolute Gasteiger partial charge is 0.360 e. The average Bonchev–Trinajstić information content (AvgIpc) is 3.44. The zero-order valence-corrected chi connectivity index (χ0v) is 13.1. The van der Waals surface area contributed by atoms with Crippen molar-refractivity contribution in [2.24, 2.45) is 17.8 Å². The molecule has 0 radical (unpaired) electrons. The molecule has 4 aliphatic rings. The Morgan fingerprint density at radius 3 is 2.74 bits per heavy atom. The van der Waals surface area contributed by atoms with Gasteiger partial charge in [-0.15, -0.1) is 0 Å². The summed E-state index contributed by atoms with van der Waals surface area (Å²) < 4.78 is 5.28. The zero-order chi connectivity index (χ0) is 15.6. The molecule has 1 aromatic heterocycles. The standard InChI is InChI=1S/C17H21N3O3/c21-16-13-9-20(8-12(13)7-19(16)6-10-1-2-10)17(22)14-5-15(23-18-14)11-3-4-11/h5,10-13H,1-4,6-9H2/t12-,13+/m1/s1. The summed E-state index contributed by atoms with van der Waals surface area (Å²) >= 11 is 0.